The minimum Gasteiger partial charge on any atom is -0.481 e. The summed E-state index contributed by atoms with van der Waals surface area (Å²) >= 11 is 0. The van der Waals surface area contributed by atoms with Crippen LogP contribution in [-0.2, 0) is 26.5 Å². The Morgan fingerprint density at radius 1 is 0.778 bits per heavy atom. The van der Waals surface area contributed by atoms with E-state index in [0.29, 0.717) is 0 Å². The second kappa shape index (κ2) is 30.0. The predicted octanol–water partition coefficient (Wildman–Crippen LogP) is 4.15. The standard InChI is InChI=1S/C6H12O2.C6H5.3C3H8O.Ti/c1-3-5(4-2)6(7)8;1-2-4-6-5-3-1;3*1-3(2)4;/h5H,3-4H2,1-2H3,(H,7,8);1-5H;3*3-4H,1-2H3;/q;-1;;;;. The van der Waals surface area contributed by atoms with Crippen LogP contribution in [0.2, 0.25) is 0 Å². The minimum absolute atomic E-state index is 0. The number of aliphatic hydroxyl groups excluding tert-OH is 3. The number of carbonyl (C=O) groups is 1. The Morgan fingerprint density at radius 3 is 1.07 bits per heavy atom. The van der Waals surface area contributed by atoms with Crippen molar-refractivity contribution in [1.29, 1.82) is 0 Å². The fourth-order valence-corrected chi connectivity index (χ4v) is 0.980. The number of aliphatic carboxylic acids is 1. The van der Waals surface area contributed by atoms with Gasteiger partial charge >= 0.3 is 5.97 Å². The molecule has 0 unspecified atom stereocenters. The SMILES string of the molecule is CC(C)O.CC(C)O.CC(C)O.CCC(CC)C(=O)O.[Ti].[c-]1ccccc1. The molecule has 0 aliphatic carbocycles. The first kappa shape index (κ1) is 37.1. The van der Waals surface area contributed by atoms with E-state index in [1.54, 1.807) is 41.5 Å². The summed E-state index contributed by atoms with van der Waals surface area (Å²) in [6, 6.07) is 12.5. The fourth-order valence-electron chi connectivity index (χ4n) is 0.980. The maximum Gasteiger partial charge on any atom is 0.306 e. The van der Waals surface area contributed by atoms with E-state index in [1.165, 1.54) is 0 Å². The molecule has 0 aliphatic heterocycles. The number of rotatable bonds is 3. The summed E-state index contributed by atoms with van der Waals surface area (Å²) in [5.74, 6) is -0.801. The molecular weight excluding hydrogens is 380 g/mol. The molecular formula is C21H41O5Ti-. The average Bonchev–Trinajstić information content (AvgIpc) is 2.49. The number of carboxylic acids is 1. The number of aliphatic hydroxyl groups is 3. The van der Waals surface area contributed by atoms with Crippen LogP contribution in [0, 0.1) is 12.0 Å². The molecule has 1 aromatic rings. The number of benzene rings is 1. The van der Waals surface area contributed by atoms with Crippen LogP contribution in [0.25, 0.3) is 0 Å². The molecule has 1 aromatic carbocycles. The van der Waals surface area contributed by atoms with Gasteiger partial charge in [-0.05, 0) is 54.4 Å². The Morgan fingerprint density at radius 2 is 1.04 bits per heavy atom. The van der Waals surface area contributed by atoms with Crippen molar-refractivity contribution < 1.29 is 46.9 Å². The second-order valence-corrected chi connectivity index (χ2v) is 6.21. The molecule has 0 saturated heterocycles. The zero-order valence-electron chi connectivity index (χ0n) is 18.3. The van der Waals surface area contributed by atoms with Crippen LogP contribution in [0.5, 0.6) is 0 Å². The maximum absolute atomic E-state index is 10.2. The van der Waals surface area contributed by atoms with Gasteiger partial charge in [0.05, 0.1) is 5.92 Å². The zero-order chi connectivity index (χ0) is 21.5. The summed E-state index contributed by atoms with van der Waals surface area (Å²) in [5, 5.41) is 32.5. The molecule has 1 rings (SSSR count). The van der Waals surface area contributed by atoms with Crippen molar-refractivity contribution in [3.63, 3.8) is 0 Å². The van der Waals surface area contributed by atoms with E-state index in [1.807, 2.05) is 44.2 Å². The van der Waals surface area contributed by atoms with Gasteiger partial charge in [0, 0.05) is 40.0 Å². The molecule has 0 radical (unpaired) electrons. The molecule has 0 amide bonds. The molecule has 5 nitrogen and oxygen atoms in total. The Balaban J connectivity index is -0.0000000767. The quantitative estimate of drug-likeness (QED) is 0.434. The number of carboxylic acid groups (broad SMARTS) is 1. The van der Waals surface area contributed by atoms with Gasteiger partial charge in [-0.25, -0.2) is 0 Å². The van der Waals surface area contributed by atoms with E-state index in [2.05, 4.69) is 6.07 Å². The van der Waals surface area contributed by atoms with Crippen LogP contribution in [-0.4, -0.2) is 44.7 Å². The Hall–Kier alpha value is -0.716. The summed E-state index contributed by atoms with van der Waals surface area (Å²) in [6.07, 6.45) is 0.984. The van der Waals surface area contributed by atoms with E-state index >= 15 is 0 Å². The topological polar surface area (TPSA) is 98.0 Å². The first-order valence-corrected chi connectivity index (χ1v) is 9.10. The monoisotopic (exact) mass is 421 g/mol. The smallest absolute Gasteiger partial charge is 0.306 e. The van der Waals surface area contributed by atoms with Crippen molar-refractivity contribution in [1.82, 2.24) is 0 Å². The Kier molecular flexibility index (Phi) is 41.2. The molecule has 4 N–H and O–H groups in total. The molecule has 0 heterocycles. The van der Waals surface area contributed by atoms with E-state index in [9.17, 15) is 4.79 Å². The number of hydrogen-bond acceptors (Lipinski definition) is 4. The summed E-state index contributed by atoms with van der Waals surface area (Å²) in [5.41, 5.74) is 0. The predicted molar refractivity (Wildman–Crippen MR) is 109 cm³/mol. The Bertz CT molecular complexity index is 304. The van der Waals surface area contributed by atoms with Crippen LogP contribution in [0.3, 0.4) is 0 Å². The maximum atomic E-state index is 10.2. The van der Waals surface area contributed by atoms with E-state index in [4.69, 9.17) is 20.4 Å². The van der Waals surface area contributed by atoms with Gasteiger partial charge in [-0.3, -0.25) is 4.79 Å². The van der Waals surface area contributed by atoms with Gasteiger partial charge in [0.2, 0.25) is 0 Å². The van der Waals surface area contributed by atoms with Crippen molar-refractivity contribution in [2.45, 2.75) is 86.5 Å². The molecule has 27 heavy (non-hydrogen) atoms. The third-order valence-corrected chi connectivity index (χ3v) is 1.94. The third kappa shape index (κ3) is 77.7. The average molecular weight is 421 g/mol. The molecule has 160 valence electrons. The van der Waals surface area contributed by atoms with Crippen LogP contribution in [0.1, 0.15) is 68.2 Å². The van der Waals surface area contributed by atoms with Gasteiger partial charge in [-0.1, -0.05) is 13.8 Å². The van der Waals surface area contributed by atoms with E-state index in [-0.39, 0.29) is 45.9 Å². The largest absolute Gasteiger partial charge is 0.481 e. The summed E-state index contributed by atoms with van der Waals surface area (Å²) in [6.45, 7) is 14.1. The zero-order valence-corrected chi connectivity index (χ0v) is 19.9. The summed E-state index contributed by atoms with van der Waals surface area (Å²) in [4.78, 5) is 10.2. The van der Waals surface area contributed by atoms with E-state index in [0.717, 1.165) is 12.8 Å². The molecule has 0 spiro atoms. The van der Waals surface area contributed by atoms with Gasteiger partial charge in [0.15, 0.2) is 0 Å². The first-order valence-electron chi connectivity index (χ1n) is 9.10. The van der Waals surface area contributed by atoms with Crippen LogP contribution in [0.15, 0.2) is 30.3 Å². The van der Waals surface area contributed by atoms with Crippen molar-refractivity contribution in [3.05, 3.63) is 36.4 Å². The molecule has 0 saturated carbocycles. The molecule has 6 heteroatoms. The van der Waals surface area contributed by atoms with E-state index < -0.39 is 5.97 Å². The van der Waals surface area contributed by atoms with Gasteiger partial charge in [0.1, 0.15) is 0 Å². The van der Waals surface area contributed by atoms with Crippen molar-refractivity contribution in [2.24, 2.45) is 5.92 Å². The van der Waals surface area contributed by atoms with Crippen molar-refractivity contribution >= 4 is 5.97 Å². The normalized spacial score (nSPS) is 8.70. The summed E-state index contributed by atoms with van der Waals surface area (Å²) < 4.78 is 0. The van der Waals surface area contributed by atoms with Crippen LogP contribution < -0.4 is 0 Å². The first-order chi connectivity index (χ1) is 11.9. The third-order valence-electron chi connectivity index (χ3n) is 1.94. The molecule has 0 atom stereocenters. The second-order valence-electron chi connectivity index (χ2n) is 6.21. The van der Waals surface area contributed by atoms with Crippen LogP contribution >= 0.6 is 0 Å². The summed E-state index contributed by atoms with van der Waals surface area (Å²) in [7, 11) is 0. The molecule has 0 aromatic heterocycles. The molecule has 0 aliphatic rings. The Labute approximate surface area is 181 Å². The molecule has 0 fully saturated rings. The van der Waals surface area contributed by atoms with Gasteiger partial charge in [0.25, 0.3) is 0 Å². The van der Waals surface area contributed by atoms with Gasteiger partial charge in [-0.2, -0.15) is 36.4 Å². The van der Waals surface area contributed by atoms with Crippen LogP contribution in [0.4, 0.5) is 0 Å². The minimum atomic E-state index is -0.671. The van der Waals surface area contributed by atoms with Crippen molar-refractivity contribution in [3.8, 4) is 0 Å². The number of hydrogen-bond donors (Lipinski definition) is 4. The van der Waals surface area contributed by atoms with Gasteiger partial charge in [-0.15, -0.1) is 0 Å². The molecule has 0 bridgehead atoms. The van der Waals surface area contributed by atoms with Gasteiger partial charge < -0.3 is 20.4 Å². The van der Waals surface area contributed by atoms with Crippen molar-refractivity contribution in [2.75, 3.05) is 0 Å². The fraction of sp³-hybridized carbons (Fsp3) is 0.667.